The van der Waals surface area contributed by atoms with Gasteiger partial charge in [0.05, 0.1) is 0 Å². The van der Waals surface area contributed by atoms with Gasteiger partial charge in [0.1, 0.15) is 4.58 Å². The van der Waals surface area contributed by atoms with Crippen LogP contribution in [0.2, 0.25) is 0 Å². The largest absolute Gasteiger partial charge is 0.480 e. The number of thioether (sulfide) groups is 2. The minimum absolute atomic E-state index is 0. The molecule has 0 atom stereocenters. The number of carboxylic acid groups (broad SMARTS) is 1. The molecule has 0 saturated carbocycles. The van der Waals surface area contributed by atoms with Crippen LogP contribution in [0.5, 0.6) is 0 Å². The lowest BCUT2D eigenvalue weighted by Gasteiger charge is -2.15. The number of hydrogen-bond acceptors (Lipinski definition) is 3. The summed E-state index contributed by atoms with van der Waals surface area (Å²) in [6, 6.07) is 0. The van der Waals surface area contributed by atoms with Gasteiger partial charge in [-0.2, -0.15) is 0 Å². The van der Waals surface area contributed by atoms with E-state index in [4.69, 9.17) is 5.11 Å². The highest BCUT2D eigenvalue weighted by Gasteiger charge is 2.20. The Balaban J connectivity index is 0.000000810. The van der Waals surface area contributed by atoms with Crippen LogP contribution in [0.1, 0.15) is 6.42 Å². The van der Waals surface area contributed by atoms with Crippen molar-refractivity contribution >= 4 is 41.9 Å². The van der Waals surface area contributed by atoms with Crippen molar-refractivity contribution in [2.45, 2.75) is 11.0 Å². The highest BCUT2D eigenvalue weighted by molar-refractivity contribution is 8.18. The van der Waals surface area contributed by atoms with Gasteiger partial charge in [-0.15, -0.1) is 35.9 Å². The van der Waals surface area contributed by atoms with Gasteiger partial charge in [0, 0.05) is 0 Å². The molecule has 0 spiro atoms. The quantitative estimate of drug-likeness (QED) is 0.699. The van der Waals surface area contributed by atoms with Crippen molar-refractivity contribution in [2.75, 3.05) is 11.5 Å². The molecule has 1 N–H and O–H groups in total. The lowest BCUT2D eigenvalue weighted by atomic mass is 10.6. The Morgan fingerprint density at radius 3 is 2.20 bits per heavy atom. The van der Waals surface area contributed by atoms with Crippen molar-refractivity contribution in [1.29, 1.82) is 0 Å². The molecule has 1 aliphatic rings. The highest BCUT2D eigenvalue weighted by Crippen LogP contribution is 2.30. The first-order valence-corrected chi connectivity index (χ1v) is 4.86. The first-order chi connectivity index (χ1) is 4.30. The van der Waals surface area contributed by atoms with E-state index in [0.717, 1.165) is 17.9 Å². The van der Waals surface area contributed by atoms with Gasteiger partial charge in [0.25, 0.3) is 0 Å². The molecule has 10 heavy (non-hydrogen) atoms. The third kappa shape index (κ3) is 3.03. The van der Waals surface area contributed by atoms with Crippen LogP contribution in [0.4, 0.5) is 0 Å². The molecular weight excluding hydrogens is 192 g/mol. The molecule has 1 saturated heterocycles. The predicted molar refractivity (Wildman–Crippen MR) is 48.2 cm³/mol. The number of rotatable bonds is 1. The summed E-state index contributed by atoms with van der Waals surface area (Å²) in [5.74, 6) is 1.33. The summed E-state index contributed by atoms with van der Waals surface area (Å²) in [7, 11) is 0. The minimum atomic E-state index is -0.676. The van der Waals surface area contributed by atoms with Crippen molar-refractivity contribution in [3.8, 4) is 0 Å². The van der Waals surface area contributed by atoms with Gasteiger partial charge < -0.3 is 5.11 Å². The van der Waals surface area contributed by atoms with E-state index in [1.165, 1.54) is 23.5 Å². The zero-order valence-corrected chi connectivity index (χ0v) is 7.73. The SMILES string of the molecule is Cl.O=C(O)C1SCCCS1. The second-order valence-electron chi connectivity index (χ2n) is 1.77. The zero-order chi connectivity index (χ0) is 6.69. The maximum atomic E-state index is 10.3. The highest BCUT2D eigenvalue weighted by atomic mass is 35.5. The smallest absolute Gasteiger partial charge is 0.326 e. The Kier molecular flexibility index (Phi) is 5.39. The van der Waals surface area contributed by atoms with Gasteiger partial charge in [-0.3, -0.25) is 4.79 Å². The molecule has 1 heterocycles. The number of halogens is 1. The molecule has 0 aliphatic carbocycles. The van der Waals surface area contributed by atoms with E-state index in [-0.39, 0.29) is 17.0 Å². The fourth-order valence-electron chi connectivity index (χ4n) is 0.630. The van der Waals surface area contributed by atoms with E-state index in [1.807, 2.05) is 0 Å². The molecule has 0 bridgehead atoms. The van der Waals surface area contributed by atoms with Gasteiger partial charge in [-0.1, -0.05) is 0 Å². The molecule has 0 amide bonds. The molecule has 0 aromatic heterocycles. The molecule has 1 aliphatic heterocycles. The second-order valence-corrected chi connectivity index (χ2v) is 4.49. The van der Waals surface area contributed by atoms with Crippen LogP contribution in [0.25, 0.3) is 0 Å². The van der Waals surface area contributed by atoms with Crippen LogP contribution < -0.4 is 0 Å². The normalized spacial score (nSPS) is 19.6. The lowest BCUT2D eigenvalue weighted by Crippen LogP contribution is -2.16. The molecule has 0 aromatic carbocycles. The van der Waals surface area contributed by atoms with Crippen LogP contribution >= 0.6 is 35.9 Å². The molecule has 1 fully saturated rings. The standard InChI is InChI=1S/C5H8O2S2.ClH/c6-4(7)5-8-2-1-3-9-5;/h5H,1-3H2,(H,6,7);1H. The first-order valence-electron chi connectivity index (χ1n) is 2.77. The third-order valence-electron chi connectivity index (χ3n) is 1.03. The van der Waals surface area contributed by atoms with Crippen LogP contribution in [0.15, 0.2) is 0 Å². The van der Waals surface area contributed by atoms with Gasteiger partial charge in [-0.25, -0.2) is 0 Å². The average molecular weight is 201 g/mol. The summed E-state index contributed by atoms with van der Waals surface area (Å²) < 4.78 is -0.196. The summed E-state index contributed by atoms with van der Waals surface area (Å²) in [5, 5.41) is 8.50. The molecule has 60 valence electrons. The Labute approximate surface area is 74.5 Å². The molecule has 2 nitrogen and oxygen atoms in total. The fraction of sp³-hybridized carbons (Fsp3) is 0.800. The van der Waals surface area contributed by atoms with Gasteiger partial charge in [-0.05, 0) is 17.9 Å². The van der Waals surface area contributed by atoms with E-state index in [2.05, 4.69) is 0 Å². The summed E-state index contributed by atoms with van der Waals surface area (Å²) in [5.41, 5.74) is 0. The molecule has 5 heteroatoms. The number of carbonyl (C=O) groups is 1. The van der Waals surface area contributed by atoms with E-state index in [9.17, 15) is 4.79 Å². The van der Waals surface area contributed by atoms with E-state index >= 15 is 0 Å². The number of hydrogen-bond donors (Lipinski definition) is 1. The van der Waals surface area contributed by atoms with Crippen LogP contribution in [0, 0.1) is 0 Å². The Morgan fingerprint density at radius 1 is 1.40 bits per heavy atom. The molecule has 1 rings (SSSR count). The zero-order valence-electron chi connectivity index (χ0n) is 5.28. The minimum Gasteiger partial charge on any atom is -0.480 e. The summed E-state index contributed by atoms with van der Waals surface area (Å²) >= 11 is 3.07. The van der Waals surface area contributed by atoms with Crippen LogP contribution in [-0.2, 0) is 4.79 Å². The van der Waals surface area contributed by atoms with E-state index in [0.29, 0.717) is 0 Å². The van der Waals surface area contributed by atoms with Gasteiger partial charge >= 0.3 is 5.97 Å². The lowest BCUT2D eigenvalue weighted by molar-refractivity contribution is -0.134. The van der Waals surface area contributed by atoms with Crippen molar-refractivity contribution < 1.29 is 9.90 Å². The average Bonchev–Trinajstić information content (AvgIpc) is 1.90. The maximum absolute atomic E-state index is 10.3. The van der Waals surface area contributed by atoms with E-state index in [1.54, 1.807) is 0 Å². The van der Waals surface area contributed by atoms with Crippen molar-refractivity contribution in [2.24, 2.45) is 0 Å². The predicted octanol–water partition coefficient (Wildman–Crippen LogP) is 1.69. The van der Waals surface area contributed by atoms with Crippen molar-refractivity contribution in [3.63, 3.8) is 0 Å². The van der Waals surface area contributed by atoms with Crippen molar-refractivity contribution in [1.82, 2.24) is 0 Å². The monoisotopic (exact) mass is 200 g/mol. The number of carboxylic acids is 1. The van der Waals surface area contributed by atoms with Gasteiger partial charge in [0.15, 0.2) is 0 Å². The summed E-state index contributed by atoms with van der Waals surface area (Å²) in [4.78, 5) is 10.3. The second kappa shape index (κ2) is 5.16. The topological polar surface area (TPSA) is 37.3 Å². The Morgan fingerprint density at radius 2 is 1.90 bits per heavy atom. The van der Waals surface area contributed by atoms with E-state index < -0.39 is 5.97 Å². The molecule has 0 radical (unpaired) electrons. The molecule has 0 unspecified atom stereocenters. The summed E-state index contributed by atoms with van der Waals surface area (Å²) in [6.45, 7) is 0. The van der Waals surface area contributed by atoms with Gasteiger partial charge in [0.2, 0.25) is 0 Å². The molecule has 0 aromatic rings. The Hall–Kier alpha value is 0.460. The third-order valence-corrected chi connectivity index (χ3v) is 3.90. The first kappa shape index (κ1) is 10.5. The Bertz CT molecular complexity index is 114. The maximum Gasteiger partial charge on any atom is 0.326 e. The van der Waals surface area contributed by atoms with Crippen molar-refractivity contribution in [3.05, 3.63) is 0 Å². The number of aliphatic carboxylic acids is 1. The van der Waals surface area contributed by atoms with Crippen LogP contribution in [-0.4, -0.2) is 27.2 Å². The molecular formula is C5H9ClO2S2. The summed E-state index contributed by atoms with van der Waals surface area (Å²) in [6.07, 6.45) is 1.15. The fourth-order valence-corrected chi connectivity index (χ4v) is 3.11. The van der Waals surface area contributed by atoms with Crippen LogP contribution in [0.3, 0.4) is 0 Å².